The van der Waals surface area contributed by atoms with Crippen molar-refractivity contribution in [2.24, 2.45) is 0 Å². The van der Waals surface area contributed by atoms with E-state index in [-0.39, 0.29) is 11.1 Å². The summed E-state index contributed by atoms with van der Waals surface area (Å²) < 4.78 is 17.1. The third-order valence-electron chi connectivity index (χ3n) is 4.04. The van der Waals surface area contributed by atoms with E-state index >= 15 is 0 Å². The molecular formula is C23H25Cl4NO4. The monoisotopic (exact) mass is 519 g/mol. The van der Waals surface area contributed by atoms with Crippen LogP contribution in [0.25, 0.3) is 5.70 Å². The van der Waals surface area contributed by atoms with Crippen LogP contribution in [0.2, 0.25) is 10.0 Å². The molecule has 0 aliphatic carbocycles. The first-order valence-electron chi connectivity index (χ1n) is 9.97. The first-order chi connectivity index (χ1) is 15.4. The van der Waals surface area contributed by atoms with Crippen molar-refractivity contribution in [2.75, 3.05) is 26.4 Å². The molecule has 2 rings (SSSR count). The highest BCUT2D eigenvalue weighted by Gasteiger charge is 2.11. The number of hydrogen-bond acceptors (Lipinski definition) is 5. The molecule has 0 heterocycles. The Morgan fingerprint density at radius 3 is 2.19 bits per heavy atom. The lowest BCUT2D eigenvalue weighted by molar-refractivity contribution is 0.0899. The molecule has 174 valence electrons. The minimum atomic E-state index is 0.126. The zero-order chi connectivity index (χ0) is 23.3. The Morgan fingerprint density at radius 2 is 1.59 bits per heavy atom. The number of nitrogens with one attached hydrogen (secondary N) is 1. The van der Waals surface area contributed by atoms with Crippen molar-refractivity contribution < 1.29 is 19.0 Å². The van der Waals surface area contributed by atoms with E-state index in [0.29, 0.717) is 47.8 Å². The van der Waals surface area contributed by atoms with Gasteiger partial charge in [-0.05, 0) is 49.8 Å². The van der Waals surface area contributed by atoms with E-state index < -0.39 is 0 Å². The predicted octanol–water partition coefficient (Wildman–Crippen LogP) is 7.44. The highest BCUT2D eigenvalue weighted by Crippen LogP contribution is 2.37. The standard InChI is InChI=1S/C23H25Cl4NO4/c1-3-21(28-32-4-2)16-6-8-17(9-7-16)29-11-5-12-31-23-19(24)14-18(15-20(23)25)30-13-10-22(26)27/h3,6-10,14-15,28H,4-5,11-13H2,1-2H3. The Balaban J connectivity index is 1.78. The fourth-order valence-corrected chi connectivity index (χ4v) is 3.25. The normalized spacial score (nSPS) is 11.1. The molecule has 0 saturated carbocycles. The summed E-state index contributed by atoms with van der Waals surface area (Å²) in [6.07, 6.45) is 4.11. The third-order valence-corrected chi connectivity index (χ3v) is 4.91. The molecule has 2 aromatic rings. The number of hydroxylamine groups is 1. The summed E-state index contributed by atoms with van der Waals surface area (Å²) in [5, 5.41) is 0.704. The summed E-state index contributed by atoms with van der Waals surface area (Å²) in [6.45, 7) is 5.52. The van der Waals surface area contributed by atoms with Crippen LogP contribution in [-0.4, -0.2) is 26.4 Å². The highest BCUT2D eigenvalue weighted by atomic mass is 35.5. The fourth-order valence-electron chi connectivity index (χ4n) is 2.55. The number of rotatable bonds is 13. The number of halogens is 4. The van der Waals surface area contributed by atoms with Crippen LogP contribution in [0.4, 0.5) is 0 Å². The molecule has 1 N–H and O–H groups in total. The minimum Gasteiger partial charge on any atom is -0.493 e. The molecule has 0 atom stereocenters. The van der Waals surface area contributed by atoms with Crippen LogP contribution >= 0.6 is 46.4 Å². The molecule has 2 aromatic carbocycles. The van der Waals surface area contributed by atoms with Gasteiger partial charge < -0.3 is 14.2 Å². The lowest BCUT2D eigenvalue weighted by atomic mass is 10.1. The Labute approximate surface area is 208 Å². The van der Waals surface area contributed by atoms with Crippen molar-refractivity contribution in [3.05, 3.63) is 68.7 Å². The van der Waals surface area contributed by atoms with E-state index in [0.717, 1.165) is 17.0 Å². The number of ether oxygens (including phenoxy) is 3. The quantitative estimate of drug-likeness (QED) is 0.219. The molecule has 0 aliphatic rings. The molecule has 0 spiro atoms. The average Bonchev–Trinajstić information content (AvgIpc) is 2.76. The van der Waals surface area contributed by atoms with Crippen molar-refractivity contribution in [2.45, 2.75) is 20.3 Å². The van der Waals surface area contributed by atoms with Crippen molar-refractivity contribution in [1.82, 2.24) is 5.48 Å². The van der Waals surface area contributed by atoms with Gasteiger partial charge >= 0.3 is 0 Å². The van der Waals surface area contributed by atoms with Crippen LogP contribution in [0.15, 0.2) is 53.0 Å². The Morgan fingerprint density at radius 1 is 0.938 bits per heavy atom. The maximum absolute atomic E-state index is 6.26. The second-order valence-electron chi connectivity index (χ2n) is 6.33. The topological polar surface area (TPSA) is 49.0 Å². The van der Waals surface area contributed by atoms with E-state index in [2.05, 4.69) is 5.48 Å². The van der Waals surface area contributed by atoms with Crippen molar-refractivity contribution >= 4 is 52.1 Å². The number of benzene rings is 2. The van der Waals surface area contributed by atoms with Gasteiger partial charge in [-0.3, -0.25) is 10.3 Å². The fraction of sp³-hybridized carbons (Fsp3) is 0.304. The summed E-state index contributed by atoms with van der Waals surface area (Å²) in [6, 6.07) is 11.0. The lowest BCUT2D eigenvalue weighted by Crippen LogP contribution is -2.12. The average molecular weight is 521 g/mol. The third kappa shape index (κ3) is 9.00. The van der Waals surface area contributed by atoms with Crippen LogP contribution < -0.4 is 19.7 Å². The molecule has 0 fully saturated rings. The van der Waals surface area contributed by atoms with Crippen LogP contribution in [0.5, 0.6) is 17.2 Å². The molecule has 0 aromatic heterocycles. The van der Waals surface area contributed by atoms with Crippen LogP contribution in [0, 0.1) is 0 Å². The molecular weight excluding hydrogens is 496 g/mol. The minimum absolute atomic E-state index is 0.126. The molecule has 0 amide bonds. The van der Waals surface area contributed by atoms with E-state index in [1.54, 1.807) is 12.1 Å². The molecule has 32 heavy (non-hydrogen) atoms. The number of allylic oxidation sites excluding steroid dienone is 1. The summed E-state index contributed by atoms with van der Waals surface area (Å²) >= 11 is 23.6. The lowest BCUT2D eigenvalue weighted by Gasteiger charge is -2.13. The largest absolute Gasteiger partial charge is 0.493 e. The molecule has 0 unspecified atom stereocenters. The van der Waals surface area contributed by atoms with Crippen molar-refractivity contribution in [3.8, 4) is 17.2 Å². The predicted molar refractivity (Wildman–Crippen MR) is 132 cm³/mol. The molecule has 0 radical (unpaired) electrons. The van der Waals surface area contributed by atoms with E-state index in [1.165, 1.54) is 6.08 Å². The van der Waals surface area contributed by atoms with Gasteiger partial charge in [0.1, 0.15) is 22.6 Å². The maximum atomic E-state index is 6.26. The molecule has 0 saturated heterocycles. The van der Waals surface area contributed by atoms with Gasteiger partial charge in [-0.25, -0.2) is 0 Å². The van der Waals surface area contributed by atoms with Crippen molar-refractivity contribution in [3.63, 3.8) is 0 Å². The summed E-state index contributed by atoms with van der Waals surface area (Å²) in [4.78, 5) is 5.25. The van der Waals surface area contributed by atoms with Crippen LogP contribution in [0.3, 0.4) is 0 Å². The maximum Gasteiger partial charge on any atom is 0.156 e. The van der Waals surface area contributed by atoms with E-state index in [1.807, 2.05) is 44.2 Å². The molecule has 9 heteroatoms. The smallest absolute Gasteiger partial charge is 0.156 e. The highest BCUT2D eigenvalue weighted by molar-refractivity contribution is 6.55. The SMILES string of the molecule is CC=C(NOCC)c1ccc(OCCCOc2c(Cl)cc(OCC=C(Cl)Cl)cc2Cl)cc1. The van der Waals surface area contributed by atoms with E-state index in [4.69, 9.17) is 65.5 Å². The van der Waals surface area contributed by atoms with Crippen LogP contribution in [0.1, 0.15) is 25.8 Å². The van der Waals surface area contributed by atoms with Crippen LogP contribution in [-0.2, 0) is 4.84 Å². The summed E-state index contributed by atoms with van der Waals surface area (Å²) in [7, 11) is 0. The van der Waals surface area contributed by atoms with Gasteiger partial charge in [-0.1, -0.05) is 52.5 Å². The second-order valence-corrected chi connectivity index (χ2v) is 8.16. The molecule has 0 bridgehead atoms. The second kappa shape index (κ2) is 14.4. The Kier molecular flexibility index (Phi) is 11.9. The van der Waals surface area contributed by atoms with Gasteiger partial charge in [0.25, 0.3) is 0 Å². The van der Waals surface area contributed by atoms with Gasteiger partial charge in [-0.2, -0.15) is 0 Å². The summed E-state index contributed by atoms with van der Waals surface area (Å²) in [5.41, 5.74) is 4.83. The summed E-state index contributed by atoms with van der Waals surface area (Å²) in [5.74, 6) is 1.66. The molecule has 5 nitrogen and oxygen atoms in total. The Hall–Kier alpha value is -1.76. The first-order valence-corrected chi connectivity index (χ1v) is 11.5. The first kappa shape index (κ1) is 26.5. The van der Waals surface area contributed by atoms with Gasteiger partial charge in [0.15, 0.2) is 5.75 Å². The van der Waals surface area contributed by atoms with Gasteiger partial charge in [-0.15, -0.1) is 0 Å². The van der Waals surface area contributed by atoms with Gasteiger partial charge in [0, 0.05) is 18.6 Å². The van der Waals surface area contributed by atoms with Gasteiger partial charge in [0.2, 0.25) is 0 Å². The van der Waals surface area contributed by atoms with Gasteiger partial charge in [0.05, 0.1) is 35.6 Å². The zero-order valence-corrected chi connectivity index (χ0v) is 20.8. The van der Waals surface area contributed by atoms with Crippen molar-refractivity contribution in [1.29, 1.82) is 0 Å². The van der Waals surface area contributed by atoms with E-state index in [9.17, 15) is 0 Å². The number of hydrogen-bond donors (Lipinski definition) is 1. The Bertz CT molecular complexity index is 890. The zero-order valence-electron chi connectivity index (χ0n) is 17.8. The molecule has 0 aliphatic heterocycles.